The normalized spacial score (nSPS) is 12.8. The van der Waals surface area contributed by atoms with E-state index in [2.05, 4.69) is 4.74 Å². The second kappa shape index (κ2) is 9.59. The molecule has 0 radical (unpaired) electrons. The number of nitrogens with zero attached hydrogens (tertiary/aromatic N) is 1. The lowest BCUT2D eigenvalue weighted by Crippen LogP contribution is -2.29. The van der Waals surface area contributed by atoms with Crippen molar-refractivity contribution in [1.82, 2.24) is 5.06 Å². The molecule has 32 heavy (non-hydrogen) atoms. The Balaban J connectivity index is 1.71. The van der Waals surface area contributed by atoms with E-state index in [-0.39, 0.29) is 22.8 Å². The van der Waals surface area contributed by atoms with E-state index in [1.807, 2.05) is 0 Å². The maximum Gasteiger partial charge on any atom is 0.573 e. The van der Waals surface area contributed by atoms with Crippen LogP contribution >= 0.6 is 11.3 Å². The molecule has 1 amide bonds. The number of ether oxygens (including phenoxy) is 2. The van der Waals surface area contributed by atoms with Crippen LogP contribution in [-0.2, 0) is 14.6 Å². The van der Waals surface area contributed by atoms with Crippen molar-refractivity contribution in [1.29, 1.82) is 0 Å². The molecule has 1 unspecified atom stereocenters. The van der Waals surface area contributed by atoms with Crippen LogP contribution in [0.1, 0.15) is 10.9 Å². The van der Waals surface area contributed by atoms with Crippen molar-refractivity contribution in [3.05, 3.63) is 70.9 Å². The molecule has 0 bridgehead atoms. The minimum Gasteiger partial charge on any atom is -0.457 e. The van der Waals surface area contributed by atoms with Gasteiger partial charge in [-0.1, -0.05) is 6.07 Å². The van der Waals surface area contributed by atoms with E-state index in [0.717, 1.165) is 12.1 Å². The van der Waals surface area contributed by atoms with Gasteiger partial charge >= 0.3 is 6.36 Å². The summed E-state index contributed by atoms with van der Waals surface area (Å²) in [5.74, 6) is -0.474. The van der Waals surface area contributed by atoms with Gasteiger partial charge in [0.1, 0.15) is 23.3 Å². The molecule has 1 heterocycles. The first kappa shape index (κ1) is 23.6. The number of halogens is 3. The SMILES string of the molecule is O=CN(O)C(CS(=O)(=O)c1ccc(Oc2ccc(OC(F)(F)F)cc2)cc1)c1cccs1. The molecule has 0 aliphatic carbocycles. The second-order valence-electron chi connectivity index (χ2n) is 6.39. The number of hydrogen-bond acceptors (Lipinski definition) is 7. The zero-order valence-electron chi connectivity index (χ0n) is 16.1. The quantitative estimate of drug-likeness (QED) is 0.265. The molecule has 2 aromatic carbocycles. The summed E-state index contributed by atoms with van der Waals surface area (Å²) in [5, 5.41) is 11.8. The minimum atomic E-state index is -4.80. The third-order valence-corrected chi connectivity index (χ3v) is 6.87. The predicted molar refractivity (Wildman–Crippen MR) is 108 cm³/mol. The summed E-state index contributed by atoms with van der Waals surface area (Å²) in [5.41, 5.74) is 0. The van der Waals surface area contributed by atoms with Gasteiger partial charge in [-0.05, 0) is 60.0 Å². The lowest BCUT2D eigenvalue weighted by molar-refractivity contribution is -0.274. The van der Waals surface area contributed by atoms with Crippen molar-refractivity contribution in [3.8, 4) is 17.2 Å². The van der Waals surface area contributed by atoms with E-state index < -0.39 is 33.7 Å². The molecule has 0 spiro atoms. The summed E-state index contributed by atoms with van der Waals surface area (Å²) in [7, 11) is -3.89. The lowest BCUT2D eigenvalue weighted by atomic mass is 10.3. The van der Waals surface area contributed by atoms with Gasteiger partial charge in [0.15, 0.2) is 9.84 Å². The Labute approximate surface area is 185 Å². The molecule has 12 heteroatoms. The van der Waals surface area contributed by atoms with Gasteiger partial charge in [0.25, 0.3) is 0 Å². The third kappa shape index (κ3) is 6.22. The third-order valence-electron chi connectivity index (χ3n) is 4.15. The van der Waals surface area contributed by atoms with E-state index in [1.54, 1.807) is 17.5 Å². The molecule has 3 aromatic rings. The standard InChI is InChI=1S/C20H16F3NO6S2/c21-20(22,23)30-16-5-3-14(4-6-16)29-15-7-9-17(10-8-15)32(27,28)12-18(24(26)13-25)19-2-1-11-31-19/h1-11,13,18,26H,12H2. The smallest absolute Gasteiger partial charge is 0.457 e. The molecule has 0 saturated heterocycles. The van der Waals surface area contributed by atoms with Gasteiger partial charge in [-0.2, -0.15) is 0 Å². The molecule has 7 nitrogen and oxygen atoms in total. The van der Waals surface area contributed by atoms with Crippen LogP contribution in [0.4, 0.5) is 13.2 Å². The van der Waals surface area contributed by atoms with Crippen LogP contribution in [0.3, 0.4) is 0 Å². The highest BCUT2D eigenvalue weighted by atomic mass is 32.2. The molecule has 1 N–H and O–H groups in total. The van der Waals surface area contributed by atoms with E-state index >= 15 is 0 Å². The number of amides is 1. The molecule has 0 aliphatic rings. The average molecular weight is 487 g/mol. The summed E-state index contributed by atoms with van der Waals surface area (Å²) in [4.78, 5) is 11.4. The summed E-state index contributed by atoms with van der Waals surface area (Å²) in [6.07, 6.45) is -4.66. The van der Waals surface area contributed by atoms with Crippen molar-refractivity contribution in [2.45, 2.75) is 17.3 Å². The number of carbonyl (C=O) groups is 1. The van der Waals surface area contributed by atoms with Crippen LogP contribution in [-0.4, -0.2) is 37.2 Å². The first-order chi connectivity index (χ1) is 15.1. The van der Waals surface area contributed by atoms with Crippen molar-refractivity contribution >= 4 is 27.6 Å². The first-order valence-corrected chi connectivity index (χ1v) is 11.4. The lowest BCUT2D eigenvalue weighted by Gasteiger charge is -2.21. The summed E-state index contributed by atoms with van der Waals surface area (Å²) in [6.45, 7) is 0. The van der Waals surface area contributed by atoms with Crippen LogP contribution < -0.4 is 9.47 Å². The Hall–Kier alpha value is -3.09. The van der Waals surface area contributed by atoms with E-state index in [9.17, 15) is 31.6 Å². The highest BCUT2D eigenvalue weighted by molar-refractivity contribution is 7.91. The number of hydroxylamine groups is 2. The monoisotopic (exact) mass is 487 g/mol. The van der Waals surface area contributed by atoms with Gasteiger partial charge in [-0.15, -0.1) is 24.5 Å². The zero-order valence-corrected chi connectivity index (χ0v) is 17.7. The van der Waals surface area contributed by atoms with Crippen molar-refractivity contribution in [2.24, 2.45) is 0 Å². The van der Waals surface area contributed by atoms with Crippen LogP contribution in [0.2, 0.25) is 0 Å². The van der Waals surface area contributed by atoms with Crippen molar-refractivity contribution in [2.75, 3.05) is 5.75 Å². The number of alkyl halides is 3. The average Bonchev–Trinajstić information content (AvgIpc) is 3.27. The minimum absolute atomic E-state index is 0.0559. The molecular formula is C20H16F3NO6S2. The van der Waals surface area contributed by atoms with E-state index in [0.29, 0.717) is 9.94 Å². The molecule has 0 saturated carbocycles. The first-order valence-electron chi connectivity index (χ1n) is 8.90. The van der Waals surface area contributed by atoms with Crippen LogP contribution in [0, 0.1) is 0 Å². The number of sulfone groups is 1. The Morgan fingerprint density at radius 3 is 2.06 bits per heavy atom. The van der Waals surface area contributed by atoms with E-state index in [4.69, 9.17) is 4.74 Å². The molecule has 1 atom stereocenters. The molecule has 170 valence electrons. The van der Waals surface area contributed by atoms with Crippen LogP contribution in [0.5, 0.6) is 17.2 Å². The summed E-state index contributed by atoms with van der Waals surface area (Å²) < 4.78 is 71.5. The van der Waals surface area contributed by atoms with Gasteiger partial charge < -0.3 is 9.47 Å². The van der Waals surface area contributed by atoms with Crippen LogP contribution in [0.25, 0.3) is 0 Å². The highest BCUT2D eigenvalue weighted by Crippen LogP contribution is 2.30. The Kier molecular flexibility index (Phi) is 7.06. The Morgan fingerprint density at radius 1 is 1.00 bits per heavy atom. The molecular weight excluding hydrogens is 471 g/mol. The fraction of sp³-hybridized carbons (Fsp3) is 0.150. The van der Waals surface area contributed by atoms with Gasteiger partial charge in [-0.3, -0.25) is 10.0 Å². The number of rotatable bonds is 9. The van der Waals surface area contributed by atoms with Gasteiger partial charge in [0.05, 0.1) is 10.6 Å². The second-order valence-corrected chi connectivity index (χ2v) is 9.40. The molecule has 0 aliphatic heterocycles. The maximum atomic E-state index is 12.8. The number of thiophene rings is 1. The van der Waals surface area contributed by atoms with Crippen molar-refractivity contribution in [3.63, 3.8) is 0 Å². The maximum absolute atomic E-state index is 12.8. The molecule has 3 rings (SSSR count). The van der Waals surface area contributed by atoms with Gasteiger partial charge in [-0.25, -0.2) is 13.5 Å². The van der Waals surface area contributed by atoms with Gasteiger partial charge in [0.2, 0.25) is 6.41 Å². The van der Waals surface area contributed by atoms with Gasteiger partial charge in [0, 0.05) is 4.88 Å². The number of hydrogen-bond donors (Lipinski definition) is 1. The summed E-state index contributed by atoms with van der Waals surface area (Å²) in [6, 6.07) is 12.3. The number of carbonyl (C=O) groups excluding carboxylic acids is 1. The predicted octanol–water partition coefficient (Wildman–Crippen LogP) is 4.80. The zero-order chi connectivity index (χ0) is 23.4. The molecule has 0 fully saturated rings. The van der Waals surface area contributed by atoms with Crippen LogP contribution in [0.15, 0.2) is 70.9 Å². The Bertz CT molecular complexity index is 1130. The highest BCUT2D eigenvalue weighted by Gasteiger charge is 2.31. The Morgan fingerprint density at radius 2 is 1.56 bits per heavy atom. The fourth-order valence-electron chi connectivity index (χ4n) is 2.71. The number of benzene rings is 2. The van der Waals surface area contributed by atoms with E-state index in [1.165, 1.54) is 47.7 Å². The largest absolute Gasteiger partial charge is 0.573 e. The fourth-order valence-corrected chi connectivity index (χ4v) is 5.12. The topological polar surface area (TPSA) is 93.1 Å². The van der Waals surface area contributed by atoms with Crippen molar-refractivity contribution < 1.29 is 41.1 Å². The summed E-state index contributed by atoms with van der Waals surface area (Å²) >= 11 is 1.20. The molecule has 1 aromatic heterocycles.